The molecule has 3 aliphatic rings. The van der Waals surface area contributed by atoms with Crippen LogP contribution in [0.3, 0.4) is 0 Å². The summed E-state index contributed by atoms with van der Waals surface area (Å²) >= 11 is 0. The van der Waals surface area contributed by atoms with E-state index in [1.807, 2.05) is 35.5 Å². The number of benzene rings is 1. The third-order valence-electron chi connectivity index (χ3n) is 8.86. The molecule has 1 aromatic carbocycles. The van der Waals surface area contributed by atoms with E-state index in [0.29, 0.717) is 25.1 Å². The molecule has 3 heterocycles. The van der Waals surface area contributed by atoms with Crippen LogP contribution in [0, 0.1) is 23.1 Å². The van der Waals surface area contributed by atoms with Gasteiger partial charge in [-0.25, -0.2) is 17.1 Å². The quantitative estimate of drug-likeness (QED) is 0.336. The number of hydrogen-bond donors (Lipinski definition) is 0. The van der Waals surface area contributed by atoms with Gasteiger partial charge in [0.1, 0.15) is 5.82 Å². The lowest BCUT2D eigenvalue weighted by atomic mass is 9.66. The molecule has 7 nitrogen and oxygen atoms in total. The molecule has 1 fully saturated rings. The lowest BCUT2D eigenvalue weighted by molar-refractivity contribution is 0.186. The van der Waals surface area contributed by atoms with Gasteiger partial charge in [0.15, 0.2) is 0 Å². The average molecular weight is 560 g/mol. The number of rotatable bonds is 9. The van der Waals surface area contributed by atoms with E-state index in [2.05, 4.69) is 23.0 Å². The van der Waals surface area contributed by atoms with E-state index in [1.165, 1.54) is 17.7 Å². The van der Waals surface area contributed by atoms with Crippen molar-refractivity contribution in [1.29, 1.82) is 0 Å². The van der Waals surface area contributed by atoms with Gasteiger partial charge in [0.2, 0.25) is 10.0 Å². The number of halogens is 1. The second-order valence-corrected chi connectivity index (χ2v) is 13.3. The highest BCUT2D eigenvalue weighted by Crippen LogP contribution is 2.55. The second-order valence-electron chi connectivity index (χ2n) is 11.3. The van der Waals surface area contributed by atoms with Crippen molar-refractivity contribution in [3.8, 4) is 0 Å². The van der Waals surface area contributed by atoms with Crippen LogP contribution in [-0.2, 0) is 22.2 Å². The molecule has 0 radical (unpaired) electrons. The zero-order chi connectivity index (χ0) is 27.7. The Morgan fingerprint density at radius 2 is 1.95 bits per heavy atom. The maximum Gasteiger partial charge on any atom is 0.218 e. The Morgan fingerprint density at radius 1 is 1.10 bits per heavy atom. The predicted molar refractivity (Wildman–Crippen MR) is 155 cm³/mol. The van der Waals surface area contributed by atoms with E-state index in [1.54, 1.807) is 41.1 Å². The Labute approximate surface area is 235 Å². The summed E-state index contributed by atoms with van der Waals surface area (Å²) in [5.74, 6) is 0.0793. The van der Waals surface area contributed by atoms with Crippen molar-refractivity contribution in [3.05, 3.63) is 102 Å². The number of pyridine rings is 2. The summed E-state index contributed by atoms with van der Waals surface area (Å²) in [6.45, 7) is 3.16. The van der Waals surface area contributed by atoms with Gasteiger partial charge in [-0.15, -0.1) is 0 Å². The Kier molecular flexibility index (Phi) is 7.27. The molecule has 0 amide bonds. The van der Waals surface area contributed by atoms with Crippen molar-refractivity contribution in [2.45, 2.75) is 44.4 Å². The van der Waals surface area contributed by atoms with E-state index in [4.69, 9.17) is 5.10 Å². The van der Waals surface area contributed by atoms with E-state index in [0.717, 1.165) is 30.6 Å². The highest BCUT2D eigenvalue weighted by atomic mass is 32.2. The van der Waals surface area contributed by atoms with Crippen LogP contribution in [0.2, 0.25) is 0 Å². The van der Waals surface area contributed by atoms with Gasteiger partial charge >= 0.3 is 0 Å². The fourth-order valence-corrected chi connectivity index (χ4v) is 8.17. The van der Waals surface area contributed by atoms with E-state index in [-0.39, 0.29) is 34.9 Å². The first-order valence-electron chi connectivity index (χ1n) is 13.9. The fraction of sp³-hybridized carbons (Fsp3) is 0.387. The van der Waals surface area contributed by atoms with Crippen LogP contribution in [0.25, 0.3) is 0 Å². The number of allylic oxidation sites excluding steroid dienone is 1. The van der Waals surface area contributed by atoms with Gasteiger partial charge in [0.25, 0.3) is 0 Å². The maximum atomic E-state index is 13.8. The molecule has 3 aromatic rings. The number of anilines is 1. The summed E-state index contributed by atoms with van der Waals surface area (Å²) < 4.78 is 42.8. The summed E-state index contributed by atoms with van der Waals surface area (Å²) in [4.78, 5) is 8.54. The summed E-state index contributed by atoms with van der Waals surface area (Å²) in [7, 11) is -3.58. The smallest absolute Gasteiger partial charge is 0.218 e. The summed E-state index contributed by atoms with van der Waals surface area (Å²) in [5.41, 5.74) is 3.71. The van der Waals surface area contributed by atoms with Crippen LogP contribution in [-0.4, -0.2) is 48.0 Å². The molecule has 2 aromatic heterocycles. The van der Waals surface area contributed by atoms with Crippen molar-refractivity contribution in [1.82, 2.24) is 14.3 Å². The Hall–Kier alpha value is -3.43. The molecule has 4 atom stereocenters. The molecule has 2 aliphatic carbocycles. The van der Waals surface area contributed by atoms with E-state index < -0.39 is 10.0 Å². The number of hydrogen-bond acceptors (Lipinski definition) is 6. The molecule has 208 valence electrons. The van der Waals surface area contributed by atoms with Gasteiger partial charge in [-0.05, 0) is 78.6 Å². The second kappa shape index (κ2) is 10.9. The molecule has 1 aliphatic heterocycles. The Morgan fingerprint density at radius 3 is 2.70 bits per heavy atom. The molecule has 9 heteroatoms. The zero-order valence-electron chi connectivity index (χ0n) is 22.6. The van der Waals surface area contributed by atoms with Crippen LogP contribution in [0.5, 0.6) is 0 Å². The molecule has 0 saturated heterocycles. The van der Waals surface area contributed by atoms with E-state index in [9.17, 15) is 12.8 Å². The normalized spacial score (nSPS) is 25.6. The first-order valence-corrected chi connectivity index (χ1v) is 15.5. The highest BCUT2D eigenvalue weighted by Gasteiger charge is 2.50. The molecule has 0 spiro atoms. The van der Waals surface area contributed by atoms with Crippen LogP contribution >= 0.6 is 0 Å². The third kappa shape index (κ3) is 5.32. The number of hydrazone groups is 1. The summed E-state index contributed by atoms with van der Waals surface area (Å²) in [6.07, 6.45) is 12.7. The van der Waals surface area contributed by atoms with Gasteiger partial charge < -0.3 is 0 Å². The van der Waals surface area contributed by atoms with Gasteiger partial charge in [-0.1, -0.05) is 30.7 Å². The first-order chi connectivity index (χ1) is 19.3. The van der Waals surface area contributed by atoms with Gasteiger partial charge in [-0.2, -0.15) is 5.10 Å². The molecule has 1 saturated carbocycles. The van der Waals surface area contributed by atoms with Gasteiger partial charge in [0, 0.05) is 55.9 Å². The minimum absolute atomic E-state index is 0.0703. The molecule has 6 rings (SSSR count). The van der Waals surface area contributed by atoms with Gasteiger partial charge in [0.05, 0.1) is 17.5 Å². The Bertz CT molecular complexity index is 1500. The molecular formula is C31H34FN5O2S. The standard InChI is InChI=1S/C31H34FN5O2S/c1-31-18-24-20-35-37(29-11-9-27(32)10-12-29)30(24)17-25(31)7-8-26(31)21-36(16-13-28-6-2-3-15-34-28)40(38,39)22-23-5-4-14-33-19-23/h2-6,9-12,14-15,17,19-20,24,26,30H,7-8,13,16,18,21-22H2,1H3/t24?,26-,30?,31+/m1/s1. The van der Waals surface area contributed by atoms with Gasteiger partial charge in [-0.3, -0.25) is 15.0 Å². The number of sulfonamides is 1. The largest absolute Gasteiger partial charge is 0.264 e. The molecule has 0 bridgehead atoms. The lowest BCUT2D eigenvalue weighted by Crippen LogP contribution is -2.44. The van der Waals surface area contributed by atoms with E-state index >= 15 is 0 Å². The van der Waals surface area contributed by atoms with Crippen molar-refractivity contribution in [3.63, 3.8) is 0 Å². The topological polar surface area (TPSA) is 78.8 Å². The van der Waals surface area contributed by atoms with Crippen LogP contribution in [0.15, 0.2) is 89.9 Å². The third-order valence-corrected chi connectivity index (χ3v) is 10.7. The highest BCUT2D eigenvalue weighted by molar-refractivity contribution is 7.88. The molecule has 40 heavy (non-hydrogen) atoms. The minimum Gasteiger partial charge on any atom is -0.264 e. The SMILES string of the molecule is C[C@]12CC3C=NN(c4ccc(F)cc4)C3C=C1CC[C@@H]2CN(CCc1ccccn1)S(=O)(=O)Cc1cccnc1. The average Bonchev–Trinajstić information content (AvgIpc) is 3.50. The Balaban J connectivity index is 1.23. The fourth-order valence-electron chi connectivity index (χ4n) is 6.62. The molecule has 0 N–H and O–H groups in total. The van der Waals surface area contributed by atoms with Crippen molar-refractivity contribution in [2.75, 3.05) is 18.1 Å². The van der Waals surface area contributed by atoms with Crippen molar-refractivity contribution in [2.24, 2.45) is 22.4 Å². The summed E-state index contributed by atoms with van der Waals surface area (Å²) in [5, 5.41) is 6.68. The van der Waals surface area contributed by atoms with Crippen molar-refractivity contribution < 1.29 is 12.8 Å². The summed E-state index contributed by atoms with van der Waals surface area (Å²) in [6, 6.07) is 15.9. The first kappa shape index (κ1) is 26.8. The molecular weight excluding hydrogens is 525 g/mol. The van der Waals surface area contributed by atoms with Crippen molar-refractivity contribution >= 4 is 21.9 Å². The van der Waals surface area contributed by atoms with Crippen LogP contribution < -0.4 is 5.01 Å². The maximum absolute atomic E-state index is 13.8. The monoisotopic (exact) mass is 559 g/mol. The number of nitrogens with zero attached hydrogens (tertiary/aromatic N) is 5. The van der Waals surface area contributed by atoms with Crippen LogP contribution in [0.1, 0.15) is 37.4 Å². The number of fused-ring (bicyclic) bond motifs is 2. The number of aromatic nitrogens is 2. The zero-order valence-corrected chi connectivity index (χ0v) is 23.4. The van der Waals surface area contributed by atoms with Crippen LogP contribution in [0.4, 0.5) is 10.1 Å². The predicted octanol–water partition coefficient (Wildman–Crippen LogP) is 5.23. The molecule has 2 unspecified atom stereocenters. The lowest BCUT2D eigenvalue weighted by Gasteiger charge is -2.42. The minimum atomic E-state index is -3.58.